The van der Waals surface area contributed by atoms with Gasteiger partial charge in [0.1, 0.15) is 0 Å². The Bertz CT molecular complexity index is 1300. The minimum Gasteiger partial charge on any atom is -0.287 e. The van der Waals surface area contributed by atoms with Crippen LogP contribution >= 0.6 is 0 Å². The van der Waals surface area contributed by atoms with Crippen LogP contribution in [-0.4, -0.2) is 25.8 Å². The first-order chi connectivity index (χ1) is 14.8. The van der Waals surface area contributed by atoms with Crippen molar-refractivity contribution in [2.45, 2.75) is 20.0 Å². The summed E-state index contributed by atoms with van der Waals surface area (Å²) in [4.78, 5) is 16.6. The van der Waals surface area contributed by atoms with Crippen molar-refractivity contribution in [3.05, 3.63) is 88.9 Å². The van der Waals surface area contributed by atoms with Gasteiger partial charge in [-0.05, 0) is 37.6 Å². The van der Waals surface area contributed by atoms with Gasteiger partial charge in [-0.3, -0.25) is 9.78 Å². The number of rotatable bonds is 4. The van der Waals surface area contributed by atoms with E-state index in [9.17, 15) is 18.0 Å². The van der Waals surface area contributed by atoms with Crippen molar-refractivity contribution in [1.82, 2.24) is 20.0 Å². The highest BCUT2D eigenvalue weighted by atomic mass is 19.4. The summed E-state index contributed by atoms with van der Waals surface area (Å²) in [5.74, 6) is -0.348. The maximum Gasteiger partial charge on any atom is 0.418 e. The number of hydrogen-bond acceptors (Lipinski definition) is 4. The lowest BCUT2D eigenvalue weighted by Crippen LogP contribution is -2.08. The van der Waals surface area contributed by atoms with Gasteiger partial charge >= 0.3 is 6.18 Å². The molecule has 0 bridgehead atoms. The molecule has 8 heteroatoms. The number of aryl methyl sites for hydroxylation is 1. The van der Waals surface area contributed by atoms with Gasteiger partial charge in [-0.1, -0.05) is 53.3 Å². The third-order valence-electron chi connectivity index (χ3n) is 4.91. The second kappa shape index (κ2) is 7.79. The molecule has 0 atom stereocenters. The highest BCUT2D eigenvalue weighted by molar-refractivity contribution is 6.06. The van der Waals surface area contributed by atoms with Crippen LogP contribution in [0.1, 0.15) is 32.9 Å². The highest BCUT2D eigenvalue weighted by Crippen LogP contribution is 2.35. The van der Waals surface area contributed by atoms with Gasteiger partial charge in [0.25, 0.3) is 0 Å². The fraction of sp³-hybridized carbons (Fsp3) is 0.130. The van der Waals surface area contributed by atoms with Gasteiger partial charge in [0.15, 0.2) is 5.69 Å². The predicted molar refractivity (Wildman–Crippen MR) is 111 cm³/mol. The Morgan fingerprint density at radius 2 is 1.77 bits per heavy atom. The van der Waals surface area contributed by atoms with Crippen LogP contribution in [0.3, 0.4) is 0 Å². The van der Waals surface area contributed by atoms with Crippen molar-refractivity contribution in [2.24, 2.45) is 0 Å². The van der Waals surface area contributed by atoms with Crippen LogP contribution in [0.5, 0.6) is 0 Å². The van der Waals surface area contributed by atoms with E-state index in [0.29, 0.717) is 11.4 Å². The molecule has 31 heavy (non-hydrogen) atoms. The summed E-state index contributed by atoms with van der Waals surface area (Å²) in [6.45, 7) is 3.62. The largest absolute Gasteiger partial charge is 0.418 e. The summed E-state index contributed by atoms with van der Waals surface area (Å²) in [6.07, 6.45) is -0.173. The molecule has 0 aliphatic carbocycles. The number of ketones is 1. The van der Waals surface area contributed by atoms with Crippen LogP contribution in [0.15, 0.2) is 60.8 Å². The van der Waals surface area contributed by atoms with Crippen molar-refractivity contribution in [3.8, 4) is 5.69 Å². The predicted octanol–water partition coefficient (Wildman–Crippen LogP) is 5.35. The van der Waals surface area contributed by atoms with E-state index in [4.69, 9.17) is 0 Å². The number of nitrogens with zero attached hydrogens (tertiary/aromatic N) is 4. The summed E-state index contributed by atoms with van der Waals surface area (Å²) in [6, 6.07) is 13.0. The van der Waals surface area contributed by atoms with Crippen LogP contribution in [-0.2, 0) is 6.18 Å². The van der Waals surface area contributed by atoms with Crippen molar-refractivity contribution in [1.29, 1.82) is 0 Å². The van der Waals surface area contributed by atoms with Gasteiger partial charge in [-0.2, -0.15) is 13.2 Å². The molecule has 0 unspecified atom stereocenters. The molecule has 0 fully saturated rings. The quantitative estimate of drug-likeness (QED) is 0.329. The van der Waals surface area contributed by atoms with Gasteiger partial charge < -0.3 is 0 Å². The molecule has 156 valence electrons. The lowest BCUT2D eigenvalue weighted by Gasteiger charge is -2.12. The first-order valence-corrected chi connectivity index (χ1v) is 9.42. The number of halogens is 3. The Balaban J connectivity index is 1.72. The highest BCUT2D eigenvalue weighted by Gasteiger charge is 2.33. The normalized spacial score (nSPS) is 12.0. The number of alkyl halides is 3. The van der Waals surface area contributed by atoms with Crippen molar-refractivity contribution in [3.63, 3.8) is 0 Å². The summed E-state index contributed by atoms with van der Waals surface area (Å²) in [5.41, 5.74) is 1.87. The third-order valence-corrected chi connectivity index (χ3v) is 4.91. The Morgan fingerprint density at radius 1 is 1.03 bits per heavy atom. The average molecular weight is 422 g/mol. The average Bonchev–Trinajstić information content (AvgIpc) is 3.12. The number of benzene rings is 2. The molecule has 4 rings (SSSR count). The zero-order chi connectivity index (χ0) is 22.2. The molecule has 0 saturated carbocycles. The Hall–Kier alpha value is -3.81. The number of hydrogen-bond donors (Lipinski definition) is 0. The Kier molecular flexibility index (Phi) is 5.14. The number of allylic oxidation sites excluding steroid dienone is 1. The van der Waals surface area contributed by atoms with Crippen molar-refractivity contribution < 1.29 is 18.0 Å². The Morgan fingerprint density at radius 3 is 2.48 bits per heavy atom. The smallest absolute Gasteiger partial charge is 0.287 e. The van der Waals surface area contributed by atoms with E-state index < -0.39 is 11.7 Å². The third kappa shape index (κ3) is 3.96. The first-order valence-electron chi connectivity index (χ1n) is 9.42. The fourth-order valence-corrected chi connectivity index (χ4v) is 3.29. The molecule has 5 nitrogen and oxygen atoms in total. The van der Waals surface area contributed by atoms with E-state index >= 15 is 0 Å². The van der Waals surface area contributed by atoms with Gasteiger partial charge in [-0.15, -0.1) is 5.10 Å². The van der Waals surface area contributed by atoms with E-state index in [1.54, 1.807) is 19.1 Å². The molecule has 2 aromatic carbocycles. The maximum absolute atomic E-state index is 13.4. The van der Waals surface area contributed by atoms with E-state index in [0.717, 1.165) is 17.2 Å². The monoisotopic (exact) mass is 422 g/mol. The summed E-state index contributed by atoms with van der Waals surface area (Å²) in [5, 5.41) is 8.25. The van der Waals surface area contributed by atoms with E-state index in [2.05, 4.69) is 15.3 Å². The number of fused-ring (bicyclic) bond motifs is 1. The Labute approximate surface area is 175 Å². The second-order valence-corrected chi connectivity index (χ2v) is 7.07. The SMILES string of the molecule is Cc1ccc(/C=C/C(=O)c2nnn(-c3ccnc4c(C(F)(F)F)cccc34)c2C)cc1. The molecule has 0 saturated heterocycles. The number of carbonyl (C=O) groups is 1. The first kappa shape index (κ1) is 20.5. The molecule has 0 aliphatic heterocycles. The van der Waals surface area contributed by atoms with E-state index in [1.807, 2.05) is 31.2 Å². The second-order valence-electron chi connectivity index (χ2n) is 7.07. The van der Waals surface area contributed by atoms with E-state index in [-0.39, 0.29) is 22.4 Å². The van der Waals surface area contributed by atoms with Gasteiger partial charge in [-0.25, -0.2) is 4.68 Å². The minimum atomic E-state index is -4.54. The number of pyridine rings is 1. The summed E-state index contributed by atoms with van der Waals surface area (Å²) in [7, 11) is 0. The standard InChI is InChI=1S/C23H17F3N4O/c1-14-6-8-16(9-7-14)10-11-20(31)21-15(2)30(29-28-21)19-12-13-27-22-17(19)4-3-5-18(22)23(24,25)26/h3-13H,1-2H3/b11-10+. The van der Waals surface area contributed by atoms with E-state index in [1.165, 1.54) is 29.1 Å². The van der Waals surface area contributed by atoms with Gasteiger partial charge in [0.05, 0.1) is 22.5 Å². The molecular formula is C23H17F3N4O. The van der Waals surface area contributed by atoms with Crippen molar-refractivity contribution in [2.75, 3.05) is 0 Å². The zero-order valence-electron chi connectivity index (χ0n) is 16.7. The summed E-state index contributed by atoms with van der Waals surface area (Å²) >= 11 is 0. The van der Waals surface area contributed by atoms with Crippen LogP contribution in [0.25, 0.3) is 22.7 Å². The van der Waals surface area contributed by atoms with Gasteiger partial charge in [0.2, 0.25) is 5.78 Å². The zero-order valence-corrected chi connectivity index (χ0v) is 16.7. The van der Waals surface area contributed by atoms with Crippen LogP contribution in [0.2, 0.25) is 0 Å². The van der Waals surface area contributed by atoms with Crippen LogP contribution in [0.4, 0.5) is 13.2 Å². The van der Waals surface area contributed by atoms with Crippen molar-refractivity contribution >= 4 is 22.8 Å². The minimum absolute atomic E-state index is 0.125. The molecule has 0 radical (unpaired) electrons. The molecule has 2 heterocycles. The fourth-order valence-electron chi connectivity index (χ4n) is 3.29. The molecule has 2 aromatic heterocycles. The molecular weight excluding hydrogens is 405 g/mol. The number of carbonyl (C=O) groups excluding carboxylic acids is 1. The molecule has 4 aromatic rings. The maximum atomic E-state index is 13.4. The number of para-hydroxylation sites is 1. The number of aromatic nitrogens is 4. The topological polar surface area (TPSA) is 60.7 Å². The molecule has 0 N–H and O–H groups in total. The van der Waals surface area contributed by atoms with Gasteiger partial charge in [0, 0.05) is 11.6 Å². The molecule has 0 spiro atoms. The summed E-state index contributed by atoms with van der Waals surface area (Å²) < 4.78 is 41.4. The lowest BCUT2D eigenvalue weighted by molar-refractivity contribution is -0.136. The van der Waals surface area contributed by atoms with Crippen LogP contribution < -0.4 is 0 Å². The van der Waals surface area contributed by atoms with Crippen LogP contribution in [0, 0.1) is 13.8 Å². The molecule has 0 aliphatic rings. The lowest BCUT2D eigenvalue weighted by atomic mass is 10.1. The molecule has 0 amide bonds.